The van der Waals surface area contributed by atoms with Gasteiger partial charge in [-0.05, 0) is 37.8 Å². The van der Waals surface area contributed by atoms with Gasteiger partial charge in [0.1, 0.15) is 5.82 Å². The Balaban J connectivity index is 1.96. The molecule has 0 unspecified atom stereocenters. The van der Waals surface area contributed by atoms with E-state index in [2.05, 4.69) is 10.3 Å². The summed E-state index contributed by atoms with van der Waals surface area (Å²) in [4.78, 5) is 27.9. The number of carbonyl (C=O) groups is 1. The highest BCUT2D eigenvalue weighted by Gasteiger charge is 2.28. The molecule has 3 rings (SSSR count). The van der Waals surface area contributed by atoms with Crippen molar-refractivity contribution in [3.05, 3.63) is 39.9 Å². The summed E-state index contributed by atoms with van der Waals surface area (Å²) in [6, 6.07) is 5.95. The van der Waals surface area contributed by atoms with E-state index in [1.54, 1.807) is 0 Å². The number of nitrogens with zero attached hydrogens (tertiary/aromatic N) is 2. The molecule has 22 heavy (non-hydrogen) atoms. The molecule has 1 aliphatic rings. The Hall–Kier alpha value is -2.37. The highest BCUT2D eigenvalue weighted by atomic mass is 16.4. The maximum Gasteiger partial charge on any atom is 0.404 e. The number of nitrogens with one attached hydrogen (secondary N) is 1. The fraction of sp³-hybridized carbons (Fsp3) is 0.438. The van der Waals surface area contributed by atoms with E-state index >= 15 is 0 Å². The molecule has 116 valence electrons. The van der Waals surface area contributed by atoms with Crippen LogP contribution in [0.4, 0.5) is 4.79 Å². The van der Waals surface area contributed by atoms with Crippen molar-refractivity contribution < 1.29 is 9.90 Å². The van der Waals surface area contributed by atoms with Crippen LogP contribution in [0.15, 0.2) is 23.0 Å². The van der Waals surface area contributed by atoms with Gasteiger partial charge in [-0.3, -0.25) is 9.36 Å². The molecule has 0 atom stereocenters. The van der Waals surface area contributed by atoms with E-state index in [0.717, 1.165) is 29.7 Å². The molecule has 1 fully saturated rings. The first-order chi connectivity index (χ1) is 10.6. The van der Waals surface area contributed by atoms with Crippen LogP contribution in [0.3, 0.4) is 0 Å². The Morgan fingerprint density at radius 3 is 2.91 bits per heavy atom. The highest BCUT2D eigenvalue weighted by molar-refractivity contribution is 5.81. The second-order valence-electron chi connectivity index (χ2n) is 5.74. The Bertz CT molecular complexity index is 778. The van der Waals surface area contributed by atoms with Gasteiger partial charge in [0.2, 0.25) is 0 Å². The summed E-state index contributed by atoms with van der Waals surface area (Å²) in [6.07, 6.45) is 2.22. The van der Waals surface area contributed by atoms with Crippen LogP contribution in [0.25, 0.3) is 10.9 Å². The second-order valence-corrected chi connectivity index (χ2v) is 5.74. The molecule has 0 spiro atoms. The van der Waals surface area contributed by atoms with E-state index in [4.69, 9.17) is 5.11 Å². The molecule has 1 amide bonds. The quantitative estimate of drug-likeness (QED) is 0.830. The van der Waals surface area contributed by atoms with E-state index in [-0.39, 0.29) is 11.6 Å². The smallest absolute Gasteiger partial charge is 0.404 e. The van der Waals surface area contributed by atoms with E-state index < -0.39 is 6.09 Å². The van der Waals surface area contributed by atoms with Gasteiger partial charge in [0, 0.05) is 19.0 Å². The number of fused-ring (bicyclic) bond motifs is 1. The summed E-state index contributed by atoms with van der Waals surface area (Å²) in [6.45, 7) is 2.29. The molecular formula is C16H19N3O3. The molecule has 2 N–H and O–H groups in total. The maximum absolute atomic E-state index is 12.8. The number of hydrogen-bond acceptors (Lipinski definition) is 3. The molecule has 6 heteroatoms. The summed E-state index contributed by atoms with van der Waals surface area (Å²) < 4.78 is 1.82. The van der Waals surface area contributed by atoms with Gasteiger partial charge in [0.25, 0.3) is 5.56 Å². The van der Waals surface area contributed by atoms with Crippen LogP contribution in [0.1, 0.15) is 36.7 Å². The lowest BCUT2D eigenvalue weighted by Crippen LogP contribution is -2.27. The third-order valence-corrected chi connectivity index (χ3v) is 3.98. The zero-order valence-electron chi connectivity index (χ0n) is 12.5. The van der Waals surface area contributed by atoms with Crippen molar-refractivity contribution >= 4 is 17.0 Å². The van der Waals surface area contributed by atoms with Crippen LogP contribution in [0.2, 0.25) is 0 Å². The van der Waals surface area contributed by atoms with E-state index in [1.807, 2.05) is 29.7 Å². The Morgan fingerprint density at radius 2 is 2.23 bits per heavy atom. The van der Waals surface area contributed by atoms with Crippen molar-refractivity contribution in [2.75, 3.05) is 6.54 Å². The minimum Gasteiger partial charge on any atom is -0.465 e. The van der Waals surface area contributed by atoms with Crippen LogP contribution >= 0.6 is 0 Å². The minimum absolute atomic E-state index is 0.0341. The Kier molecular flexibility index (Phi) is 3.83. The van der Waals surface area contributed by atoms with Crippen LogP contribution < -0.4 is 10.9 Å². The fourth-order valence-corrected chi connectivity index (χ4v) is 2.78. The van der Waals surface area contributed by atoms with Gasteiger partial charge in [0.05, 0.1) is 10.9 Å². The zero-order valence-corrected chi connectivity index (χ0v) is 12.5. The van der Waals surface area contributed by atoms with Crippen LogP contribution in [-0.4, -0.2) is 27.3 Å². The predicted molar refractivity (Wildman–Crippen MR) is 83.4 cm³/mol. The standard InChI is InChI=1S/C16H19N3O3/c1-10-4-2-5-12-14(10)15(20)19(11-7-8-11)13(18-12)6-3-9-17-16(21)22/h2,4-5,11,17H,3,6-9H2,1H3,(H,21,22). The van der Waals surface area contributed by atoms with Gasteiger partial charge in [0.15, 0.2) is 0 Å². The molecule has 0 bridgehead atoms. The van der Waals surface area contributed by atoms with Gasteiger partial charge in [-0.25, -0.2) is 9.78 Å². The van der Waals surface area contributed by atoms with Gasteiger partial charge in [-0.1, -0.05) is 12.1 Å². The number of amides is 1. The van der Waals surface area contributed by atoms with Gasteiger partial charge < -0.3 is 10.4 Å². The summed E-state index contributed by atoms with van der Waals surface area (Å²) >= 11 is 0. The van der Waals surface area contributed by atoms with Crippen molar-refractivity contribution in [3.63, 3.8) is 0 Å². The third-order valence-electron chi connectivity index (χ3n) is 3.98. The van der Waals surface area contributed by atoms with Gasteiger partial charge in [-0.15, -0.1) is 0 Å². The second kappa shape index (κ2) is 5.79. The molecule has 6 nitrogen and oxygen atoms in total. The topological polar surface area (TPSA) is 84.2 Å². The molecule has 2 aromatic rings. The predicted octanol–water partition coefficient (Wildman–Crippen LogP) is 2.24. The number of carboxylic acid groups (broad SMARTS) is 1. The largest absolute Gasteiger partial charge is 0.465 e. The molecule has 0 radical (unpaired) electrons. The molecule has 0 saturated heterocycles. The lowest BCUT2D eigenvalue weighted by Gasteiger charge is -2.13. The molecule has 1 aromatic carbocycles. The van der Waals surface area contributed by atoms with Crippen molar-refractivity contribution in [2.45, 2.75) is 38.6 Å². The molecule has 1 heterocycles. The van der Waals surface area contributed by atoms with Crippen molar-refractivity contribution in [1.29, 1.82) is 0 Å². The Labute approximate surface area is 127 Å². The fourth-order valence-electron chi connectivity index (χ4n) is 2.78. The van der Waals surface area contributed by atoms with Gasteiger partial charge >= 0.3 is 6.09 Å². The van der Waals surface area contributed by atoms with Gasteiger partial charge in [-0.2, -0.15) is 0 Å². The van der Waals surface area contributed by atoms with Crippen LogP contribution in [0.5, 0.6) is 0 Å². The first-order valence-electron chi connectivity index (χ1n) is 7.55. The third kappa shape index (κ3) is 2.81. The first kappa shape index (κ1) is 14.6. The monoisotopic (exact) mass is 301 g/mol. The number of aromatic nitrogens is 2. The summed E-state index contributed by atoms with van der Waals surface area (Å²) in [5.74, 6) is 0.762. The van der Waals surface area contributed by atoms with Crippen molar-refractivity contribution in [2.24, 2.45) is 0 Å². The SMILES string of the molecule is Cc1cccc2nc(CCCNC(=O)O)n(C3CC3)c(=O)c12. The number of benzene rings is 1. The molecule has 0 aliphatic heterocycles. The average Bonchev–Trinajstić information content (AvgIpc) is 3.28. The lowest BCUT2D eigenvalue weighted by atomic mass is 10.1. The highest BCUT2D eigenvalue weighted by Crippen LogP contribution is 2.35. The lowest BCUT2D eigenvalue weighted by molar-refractivity contribution is 0.194. The maximum atomic E-state index is 12.8. The number of rotatable bonds is 5. The number of aryl methyl sites for hydroxylation is 2. The zero-order chi connectivity index (χ0) is 15.7. The normalized spacial score (nSPS) is 14.2. The summed E-state index contributed by atoms with van der Waals surface area (Å²) in [7, 11) is 0. The number of hydrogen-bond donors (Lipinski definition) is 2. The molecular weight excluding hydrogens is 282 g/mol. The van der Waals surface area contributed by atoms with Crippen LogP contribution in [0, 0.1) is 6.92 Å². The van der Waals surface area contributed by atoms with Crippen molar-refractivity contribution in [1.82, 2.24) is 14.9 Å². The van der Waals surface area contributed by atoms with E-state index in [9.17, 15) is 9.59 Å². The summed E-state index contributed by atoms with van der Waals surface area (Å²) in [5, 5.41) is 11.6. The first-order valence-corrected chi connectivity index (χ1v) is 7.55. The molecule has 1 saturated carbocycles. The average molecular weight is 301 g/mol. The summed E-state index contributed by atoms with van der Waals surface area (Å²) in [5.41, 5.74) is 1.71. The van der Waals surface area contributed by atoms with E-state index in [0.29, 0.717) is 24.8 Å². The van der Waals surface area contributed by atoms with E-state index in [1.165, 1.54) is 0 Å². The molecule has 1 aromatic heterocycles. The Morgan fingerprint density at radius 1 is 1.45 bits per heavy atom. The molecule has 1 aliphatic carbocycles. The van der Waals surface area contributed by atoms with Crippen molar-refractivity contribution in [3.8, 4) is 0 Å². The van der Waals surface area contributed by atoms with Crippen LogP contribution in [-0.2, 0) is 6.42 Å². The minimum atomic E-state index is -1.03.